The number of nitrogens with zero attached hydrogens (tertiary/aromatic N) is 1. The number of hydrogen-bond acceptors (Lipinski definition) is 3. The summed E-state index contributed by atoms with van der Waals surface area (Å²) in [6, 6.07) is 5.11. The van der Waals surface area contributed by atoms with Crippen LogP contribution in [-0.2, 0) is 4.79 Å². The van der Waals surface area contributed by atoms with E-state index in [0.29, 0.717) is 28.4 Å². The van der Waals surface area contributed by atoms with Crippen molar-refractivity contribution >= 4 is 28.9 Å². The number of halogens is 1. The molecule has 20 heavy (non-hydrogen) atoms. The molecule has 1 amide bonds. The third-order valence-electron chi connectivity index (χ3n) is 3.87. The molecule has 1 aromatic rings. The van der Waals surface area contributed by atoms with Gasteiger partial charge in [-0.1, -0.05) is 25.4 Å². The lowest BCUT2D eigenvalue weighted by Gasteiger charge is -2.32. The first-order chi connectivity index (χ1) is 9.23. The molecule has 4 nitrogen and oxygen atoms in total. The number of likely N-dealkylation sites (N-methyl/N-ethyl adjacent to an activating group) is 1. The Bertz CT molecular complexity index is 476. The minimum atomic E-state index is -0.245. The zero-order valence-corrected chi connectivity index (χ0v) is 13.5. The number of nitrogens with one attached hydrogen (secondary N) is 1. The molecule has 0 saturated heterocycles. The smallest absolute Gasteiger partial charge is 0.241 e. The van der Waals surface area contributed by atoms with Crippen LogP contribution in [0.25, 0.3) is 0 Å². The topological polar surface area (TPSA) is 58.4 Å². The highest BCUT2D eigenvalue weighted by Gasteiger charge is 2.24. The van der Waals surface area contributed by atoms with E-state index in [1.165, 1.54) is 0 Å². The van der Waals surface area contributed by atoms with Gasteiger partial charge in [0, 0.05) is 11.1 Å². The number of amides is 1. The zero-order chi connectivity index (χ0) is 15.4. The Morgan fingerprint density at radius 2 is 1.90 bits per heavy atom. The van der Waals surface area contributed by atoms with Crippen molar-refractivity contribution in [3.63, 3.8) is 0 Å². The quantitative estimate of drug-likeness (QED) is 0.820. The SMILES string of the molecule is CC(C)C(C)N(C)C(C)C(=O)Nc1cc(Cl)ccc1N. The lowest BCUT2D eigenvalue weighted by Crippen LogP contribution is -2.46. The Labute approximate surface area is 126 Å². The van der Waals surface area contributed by atoms with Crippen LogP contribution in [0.4, 0.5) is 11.4 Å². The van der Waals surface area contributed by atoms with Crippen LogP contribution in [0.1, 0.15) is 27.7 Å². The van der Waals surface area contributed by atoms with Gasteiger partial charge < -0.3 is 11.1 Å². The maximum Gasteiger partial charge on any atom is 0.241 e. The second-order valence-electron chi connectivity index (χ2n) is 5.55. The van der Waals surface area contributed by atoms with E-state index in [2.05, 4.69) is 31.0 Å². The minimum Gasteiger partial charge on any atom is -0.397 e. The predicted molar refractivity (Wildman–Crippen MR) is 86.0 cm³/mol. The fraction of sp³-hybridized carbons (Fsp3) is 0.533. The third-order valence-corrected chi connectivity index (χ3v) is 4.11. The molecule has 0 aliphatic rings. The van der Waals surface area contributed by atoms with Crippen LogP contribution in [-0.4, -0.2) is 29.9 Å². The van der Waals surface area contributed by atoms with Crippen molar-refractivity contribution in [2.24, 2.45) is 5.92 Å². The van der Waals surface area contributed by atoms with E-state index in [0.717, 1.165) is 0 Å². The van der Waals surface area contributed by atoms with Gasteiger partial charge in [-0.15, -0.1) is 0 Å². The van der Waals surface area contributed by atoms with Gasteiger partial charge in [-0.2, -0.15) is 0 Å². The monoisotopic (exact) mass is 297 g/mol. The molecule has 1 aromatic carbocycles. The number of carbonyl (C=O) groups is 1. The summed E-state index contributed by atoms with van der Waals surface area (Å²) in [5, 5.41) is 3.38. The maximum atomic E-state index is 12.3. The Kier molecular flexibility index (Phi) is 5.84. The van der Waals surface area contributed by atoms with Gasteiger partial charge in [0.2, 0.25) is 5.91 Å². The first kappa shape index (κ1) is 16.8. The van der Waals surface area contributed by atoms with Crippen LogP contribution in [0.2, 0.25) is 5.02 Å². The number of rotatable bonds is 5. The molecule has 0 radical (unpaired) electrons. The summed E-state index contributed by atoms with van der Waals surface area (Å²) in [5.74, 6) is 0.389. The van der Waals surface area contributed by atoms with E-state index in [4.69, 9.17) is 17.3 Å². The fourth-order valence-corrected chi connectivity index (χ4v) is 2.05. The average molecular weight is 298 g/mol. The van der Waals surface area contributed by atoms with Crippen molar-refractivity contribution in [3.05, 3.63) is 23.2 Å². The highest BCUT2D eigenvalue weighted by molar-refractivity contribution is 6.31. The van der Waals surface area contributed by atoms with Crippen molar-refractivity contribution in [1.29, 1.82) is 0 Å². The van der Waals surface area contributed by atoms with Crippen LogP contribution in [0.5, 0.6) is 0 Å². The van der Waals surface area contributed by atoms with E-state index in [1.807, 2.05) is 14.0 Å². The molecule has 0 saturated carbocycles. The molecule has 0 spiro atoms. The Morgan fingerprint density at radius 3 is 2.45 bits per heavy atom. The molecule has 5 heteroatoms. The van der Waals surface area contributed by atoms with Gasteiger partial charge in [0.05, 0.1) is 17.4 Å². The molecule has 0 heterocycles. The molecular formula is C15H24ClN3O. The molecule has 0 aliphatic heterocycles. The molecule has 0 aliphatic carbocycles. The number of benzene rings is 1. The van der Waals surface area contributed by atoms with Gasteiger partial charge in [0.1, 0.15) is 0 Å². The highest BCUT2D eigenvalue weighted by atomic mass is 35.5. The van der Waals surface area contributed by atoms with Crippen molar-refractivity contribution in [3.8, 4) is 0 Å². The first-order valence-electron chi connectivity index (χ1n) is 6.81. The Morgan fingerprint density at radius 1 is 1.30 bits per heavy atom. The van der Waals surface area contributed by atoms with E-state index < -0.39 is 0 Å². The van der Waals surface area contributed by atoms with E-state index in [-0.39, 0.29) is 11.9 Å². The van der Waals surface area contributed by atoms with Gasteiger partial charge >= 0.3 is 0 Å². The molecule has 2 unspecified atom stereocenters. The second-order valence-corrected chi connectivity index (χ2v) is 5.98. The van der Waals surface area contributed by atoms with Crippen LogP contribution in [0.3, 0.4) is 0 Å². The number of hydrogen-bond donors (Lipinski definition) is 2. The fourth-order valence-electron chi connectivity index (χ4n) is 1.88. The normalized spacial score (nSPS) is 14.4. The molecule has 2 atom stereocenters. The van der Waals surface area contributed by atoms with Crippen LogP contribution in [0.15, 0.2) is 18.2 Å². The van der Waals surface area contributed by atoms with E-state index >= 15 is 0 Å². The predicted octanol–water partition coefficient (Wildman–Crippen LogP) is 3.23. The lowest BCUT2D eigenvalue weighted by molar-refractivity contribution is -0.121. The number of nitrogen functional groups attached to an aromatic ring is 1. The van der Waals surface area contributed by atoms with Gasteiger partial charge in [-0.3, -0.25) is 9.69 Å². The minimum absolute atomic E-state index is 0.0889. The number of anilines is 2. The summed E-state index contributed by atoms with van der Waals surface area (Å²) in [5.41, 5.74) is 6.90. The Hall–Kier alpha value is -1.26. The van der Waals surface area contributed by atoms with Crippen LogP contribution < -0.4 is 11.1 Å². The van der Waals surface area contributed by atoms with E-state index in [1.54, 1.807) is 18.2 Å². The number of nitrogens with two attached hydrogens (primary N) is 1. The molecule has 0 fully saturated rings. The maximum absolute atomic E-state index is 12.3. The van der Waals surface area contributed by atoms with Crippen molar-refractivity contribution in [2.45, 2.75) is 39.8 Å². The van der Waals surface area contributed by atoms with Crippen LogP contribution >= 0.6 is 11.6 Å². The summed E-state index contributed by atoms with van der Waals surface area (Å²) in [4.78, 5) is 14.3. The highest BCUT2D eigenvalue weighted by Crippen LogP contribution is 2.23. The number of carbonyl (C=O) groups excluding carboxylic acids is 1. The molecular weight excluding hydrogens is 274 g/mol. The molecule has 0 aromatic heterocycles. The summed E-state index contributed by atoms with van der Waals surface area (Å²) in [6.07, 6.45) is 0. The largest absolute Gasteiger partial charge is 0.397 e. The summed E-state index contributed by atoms with van der Waals surface area (Å²) < 4.78 is 0. The average Bonchev–Trinajstić information content (AvgIpc) is 2.40. The van der Waals surface area contributed by atoms with Crippen molar-refractivity contribution in [1.82, 2.24) is 4.90 Å². The van der Waals surface area contributed by atoms with Gasteiger partial charge in [0.25, 0.3) is 0 Å². The Balaban J connectivity index is 2.78. The summed E-state index contributed by atoms with van der Waals surface area (Å²) in [7, 11) is 1.95. The standard InChI is InChI=1S/C15H24ClN3O/c1-9(2)10(3)19(5)11(4)15(20)18-14-8-12(16)6-7-13(14)17/h6-11H,17H2,1-5H3,(H,18,20). The lowest BCUT2D eigenvalue weighted by atomic mass is 10.0. The van der Waals surface area contributed by atoms with Gasteiger partial charge in [-0.05, 0) is 45.0 Å². The molecule has 0 bridgehead atoms. The summed E-state index contributed by atoms with van der Waals surface area (Å²) >= 11 is 5.92. The van der Waals surface area contributed by atoms with Crippen LogP contribution in [0, 0.1) is 5.92 Å². The summed E-state index contributed by atoms with van der Waals surface area (Å²) in [6.45, 7) is 8.28. The van der Waals surface area contributed by atoms with Crippen molar-refractivity contribution in [2.75, 3.05) is 18.1 Å². The zero-order valence-electron chi connectivity index (χ0n) is 12.8. The van der Waals surface area contributed by atoms with E-state index in [9.17, 15) is 4.79 Å². The van der Waals surface area contributed by atoms with Gasteiger partial charge in [0.15, 0.2) is 0 Å². The molecule has 1 rings (SSSR count). The molecule has 112 valence electrons. The third kappa shape index (κ3) is 4.12. The first-order valence-corrected chi connectivity index (χ1v) is 7.19. The van der Waals surface area contributed by atoms with Crippen molar-refractivity contribution < 1.29 is 4.79 Å². The molecule has 3 N–H and O–H groups in total. The van der Waals surface area contributed by atoms with Gasteiger partial charge in [-0.25, -0.2) is 0 Å². The second kappa shape index (κ2) is 6.95.